The van der Waals surface area contributed by atoms with E-state index in [1.54, 1.807) is 0 Å². The monoisotopic (exact) mass is 242 g/mol. The first-order valence-corrected chi connectivity index (χ1v) is 6.55. The van der Waals surface area contributed by atoms with E-state index in [-0.39, 0.29) is 0 Å². The van der Waals surface area contributed by atoms with E-state index in [9.17, 15) is 0 Å². The Balaban J connectivity index is 1.96. The highest BCUT2D eigenvalue weighted by atomic mass is 15.4. The number of para-hydroxylation sites is 1. The second kappa shape index (κ2) is 4.90. The quantitative estimate of drug-likeness (QED) is 0.879. The van der Waals surface area contributed by atoms with Crippen LogP contribution >= 0.6 is 0 Å². The number of hydrogen-bond acceptors (Lipinski definition) is 3. The van der Waals surface area contributed by atoms with Crippen LogP contribution in [-0.4, -0.2) is 21.5 Å². The van der Waals surface area contributed by atoms with Crippen molar-refractivity contribution in [3.8, 4) is 5.69 Å². The van der Waals surface area contributed by atoms with E-state index >= 15 is 0 Å². The first-order chi connectivity index (χ1) is 8.86. The molecule has 4 heteroatoms. The van der Waals surface area contributed by atoms with Crippen molar-refractivity contribution in [2.75, 3.05) is 6.54 Å². The number of hydrogen-bond donors (Lipinski definition) is 1. The Morgan fingerprint density at radius 3 is 2.89 bits per heavy atom. The summed E-state index contributed by atoms with van der Waals surface area (Å²) in [5, 5.41) is 11.9. The van der Waals surface area contributed by atoms with Crippen LogP contribution in [0, 0.1) is 5.92 Å². The maximum absolute atomic E-state index is 4.22. The molecule has 1 aromatic carbocycles. The van der Waals surface area contributed by atoms with E-state index in [0.29, 0.717) is 12.0 Å². The summed E-state index contributed by atoms with van der Waals surface area (Å²) in [7, 11) is 0. The van der Waals surface area contributed by atoms with Gasteiger partial charge in [0.1, 0.15) is 0 Å². The molecule has 2 aromatic rings. The highest BCUT2D eigenvalue weighted by molar-refractivity contribution is 5.32. The average Bonchev–Trinajstić information content (AvgIpc) is 2.89. The summed E-state index contributed by atoms with van der Waals surface area (Å²) >= 11 is 0. The summed E-state index contributed by atoms with van der Waals surface area (Å²) in [5.74, 6) is 0.625. The van der Waals surface area contributed by atoms with Gasteiger partial charge in [-0.15, -0.1) is 5.10 Å². The molecule has 1 aliphatic heterocycles. The Kier molecular flexibility index (Phi) is 3.11. The van der Waals surface area contributed by atoms with Crippen molar-refractivity contribution < 1.29 is 0 Å². The van der Waals surface area contributed by atoms with Crippen LogP contribution in [0.1, 0.15) is 31.5 Å². The molecule has 1 N–H and O–H groups in total. The van der Waals surface area contributed by atoms with Gasteiger partial charge in [-0.05, 0) is 37.4 Å². The minimum absolute atomic E-state index is 0.356. The van der Waals surface area contributed by atoms with Gasteiger partial charge in [-0.25, -0.2) is 4.68 Å². The number of nitrogens with zero attached hydrogens (tertiary/aromatic N) is 3. The van der Waals surface area contributed by atoms with E-state index in [1.807, 2.05) is 29.1 Å². The summed E-state index contributed by atoms with van der Waals surface area (Å²) in [4.78, 5) is 0. The van der Waals surface area contributed by atoms with Gasteiger partial charge in [0.25, 0.3) is 0 Å². The van der Waals surface area contributed by atoms with Crippen molar-refractivity contribution in [2.24, 2.45) is 5.92 Å². The molecule has 1 saturated heterocycles. The van der Waals surface area contributed by atoms with Crippen LogP contribution in [0.4, 0.5) is 0 Å². The maximum atomic E-state index is 4.22. The normalized spacial score (nSPS) is 24.1. The largest absolute Gasteiger partial charge is 0.308 e. The highest BCUT2D eigenvalue weighted by Gasteiger charge is 2.26. The molecule has 0 aliphatic carbocycles. The fourth-order valence-electron chi connectivity index (χ4n) is 2.67. The zero-order chi connectivity index (χ0) is 12.4. The van der Waals surface area contributed by atoms with Gasteiger partial charge in [0.15, 0.2) is 0 Å². The molecule has 18 heavy (non-hydrogen) atoms. The molecule has 2 heterocycles. The molecule has 3 rings (SSSR count). The molecule has 94 valence electrons. The Morgan fingerprint density at radius 1 is 1.28 bits per heavy atom. The maximum Gasteiger partial charge on any atom is 0.0817 e. The van der Waals surface area contributed by atoms with Crippen molar-refractivity contribution in [2.45, 2.75) is 25.8 Å². The topological polar surface area (TPSA) is 42.7 Å². The van der Waals surface area contributed by atoms with Gasteiger partial charge in [0.2, 0.25) is 0 Å². The fraction of sp³-hybridized carbons (Fsp3) is 0.429. The summed E-state index contributed by atoms with van der Waals surface area (Å²) in [5.41, 5.74) is 2.23. The second-order valence-corrected chi connectivity index (χ2v) is 4.96. The smallest absolute Gasteiger partial charge is 0.0817 e. The highest BCUT2D eigenvalue weighted by Crippen LogP contribution is 2.29. The number of aromatic nitrogens is 3. The standard InChI is InChI=1S/C14H18N4/c1-11-6-5-9-15-14(11)13-10-16-17-18(13)12-7-3-2-4-8-12/h2-4,7-8,10-11,14-15H,5-6,9H2,1H3. The van der Waals surface area contributed by atoms with Crippen molar-refractivity contribution in [3.63, 3.8) is 0 Å². The van der Waals surface area contributed by atoms with Gasteiger partial charge in [0, 0.05) is 0 Å². The van der Waals surface area contributed by atoms with Crippen molar-refractivity contribution in [1.82, 2.24) is 20.3 Å². The van der Waals surface area contributed by atoms with Gasteiger partial charge in [0.05, 0.1) is 23.6 Å². The lowest BCUT2D eigenvalue weighted by atomic mass is 9.91. The van der Waals surface area contributed by atoms with Gasteiger partial charge in [-0.2, -0.15) is 0 Å². The third kappa shape index (κ3) is 2.04. The average molecular weight is 242 g/mol. The van der Waals surface area contributed by atoms with Crippen LogP contribution in [0.5, 0.6) is 0 Å². The zero-order valence-electron chi connectivity index (χ0n) is 10.6. The minimum atomic E-state index is 0.356. The number of nitrogens with one attached hydrogen (secondary N) is 1. The molecular formula is C14H18N4. The van der Waals surface area contributed by atoms with Crippen LogP contribution < -0.4 is 5.32 Å². The van der Waals surface area contributed by atoms with Gasteiger partial charge >= 0.3 is 0 Å². The molecule has 0 radical (unpaired) electrons. The van der Waals surface area contributed by atoms with Crippen LogP contribution in [-0.2, 0) is 0 Å². The van der Waals surface area contributed by atoms with Crippen LogP contribution in [0.15, 0.2) is 36.5 Å². The van der Waals surface area contributed by atoms with Crippen molar-refractivity contribution in [3.05, 3.63) is 42.2 Å². The molecule has 0 saturated carbocycles. The van der Waals surface area contributed by atoms with Crippen LogP contribution in [0.2, 0.25) is 0 Å². The molecule has 4 nitrogen and oxygen atoms in total. The molecule has 1 aromatic heterocycles. The van der Waals surface area contributed by atoms with Gasteiger partial charge in [-0.3, -0.25) is 0 Å². The predicted octanol–water partition coefficient (Wildman–Crippen LogP) is 2.33. The molecule has 0 spiro atoms. The molecule has 1 fully saturated rings. The molecule has 2 unspecified atom stereocenters. The third-order valence-electron chi connectivity index (χ3n) is 3.66. The summed E-state index contributed by atoms with van der Waals surface area (Å²) in [6, 6.07) is 10.5. The Bertz CT molecular complexity index is 506. The first kappa shape index (κ1) is 11.4. The Hall–Kier alpha value is -1.68. The van der Waals surface area contributed by atoms with E-state index < -0.39 is 0 Å². The van der Waals surface area contributed by atoms with E-state index in [2.05, 4.69) is 34.7 Å². The van der Waals surface area contributed by atoms with Gasteiger partial charge < -0.3 is 5.32 Å². The SMILES string of the molecule is CC1CCCNC1c1cnnn1-c1ccccc1. The molecule has 1 aliphatic rings. The molecule has 0 amide bonds. The third-order valence-corrected chi connectivity index (χ3v) is 3.66. The van der Waals surface area contributed by atoms with E-state index in [1.165, 1.54) is 12.8 Å². The molecular weight excluding hydrogens is 224 g/mol. The molecule has 0 bridgehead atoms. The summed E-state index contributed by atoms with van der Waals surface area (Å²) in [6.45, 7) is 3.37. The number of rotatable bonds is 2. The Morgan fingerprint density at radius 2 is 2.11 bits per heavy atom. The minimum Gasteiger partial charge on any atom is -0.308 e. The predicted molar refractivity (Wildman–Crippen MR) is 70.5 cm³/mol. The number of piperidine rings is 1. The second-order valence-electron chi connectivity index (χ2n) is 4.96. The summed E-state index contributed by atoms with van der Waals surface area (Å²) < 4.78 is 1.94. The van der Waals surface area contributed by atoms with Crippen molar-refractivity contribution in [1.29, 1.82) is 0 Å². The molecule has 2 atom stereocenters. The first-order valence-electron chi connectivity index (χ1n) is 6.55. The van der Waals surface area contributed by atoms with Crippen LogP contribution in [0.3, 0.4) is 0 Å². The summed E-state index contributed by atoms with van der Waals surface area (Å²) in [6.07, 6.45) is 4.40. The van der Waals surface area contributed by atoms with E-state index in [0.717, 1.165) is 17.9 Å². The zero-order valence-corrected chi connectivity index (χ0v) is 10.6. The van der Waals surface area contributed by atoms with E-state index in [4.69, 9.17) is 0 Å². The van der Waals surface area contributed by atoms with Crippen LogP contribution in [0.25, 0.3) is 5.69 Å². The lowest BCUT2D eigenvalue weighted by Crippen LogP contribution is -2.34. The van der Waals surface area contributed by atoms with Crippen molar-refractivity contribution >= 4 is 0 Å². The lowest BCUT2D eigenvalue weighted by Gasteiger charge is -2.30. The van der Waals surface area contributed by atoms with Gasteiger partial charge in [-0.1, -0.05) is 30.3 Å². The lowest BCUT2D eigenvalue weighted by molar-refractivity contribution is 0.296. The Labute approximate surface area is 107 Å². The number of benzene rings is 1. The fourth-order valence-corrected chi connectivity index (χ4v) is 2.67.